The molecule has 2 aliphatic rings. The van der Waals surface area contributed by atoms with Crippen molar-refractivity contribution in [2.45, 2.75) is 46.1 Å². The van der Waals surface area contributed by atoms with E-state index in [2.05, 4.69) is 28.8 Å². The number of carbonyl (C=O) groups excluding carboxylic acids is 2. The zero-order valence-corrected chi connectivity index (χ0v) is 18.3. The number of nitrogens with zero attached hydrogens (tertiary/aromatic N) is 6. The molecule has 4 rings (SSSR count). The first kappa shape index (κ1) is 20.8. The highest BCUT2D eigenvalue weighted by molar-refractivity contribution is 6.05. The first-order chi connectivity index (χ1) is 14.4. The summed E-state index contributed by atoms with van der Waals surface area (Å²) in [5.41, 5.74) is 2.26. The van der Waals surface area contributed by atoms with E-state index in [1.807, 2.05) is 27.5 Å². The molecule has 8 heteroatoms. The van der Waals surface area contributed by atoms with Crippen molar-refractivity contribution in [1.29, 1.82) is 0 Å². The Morgan fingerprint density at radius 2 is 1.73 bits per heavy atom. The molecule has 2 fully saturated rings. The Morgan fingerprint density at radius 1 is 1.00 bits per heavy atom. The van der Waals surface area contributed by atoms with Crippen molar-refractivity contribution >= 4 is 22.8 Å². The van der Waals surface area contributed by atoms with E-state index in [1.165, 1.54) is 0 Å². The smallest absolute Gasteiger partial charge is 0.254 e. The van der Waals surface area contributed by atoms with Crippen molar-refractivity contribution in [3.05, 3.63) is 23.5 Å². The molecule has 0 saturated carbocycles. The van der Waals surface area contributed by atoms with E-state index in [1.54, 1.807) is 6.20 Å². The van der Waals surface area contributed by atoms with Crippen molar-refractivity contribution < 1.29 is 9.59 Å². The van der Waals surface area contributed by atoms with Gasteiger partial charge in [-0.1, -0.05) is 0 Å². The highest BCUT2D eigenvalue weighted by atomic mass is 16.2. The number of aryl methyl sites for hydroxylation is 1. The molecule has 0 bridgehead atoms. The minimum Gasteiger partial charge on any atom is -0.342 e. The fourth-order valence-corrected chi connectivity index (χ4v) is 4.46. The van der Waals surface area contributed by atoms with Crippen LogP contribution in [-0.4, -0.2) is 87.1 Å². The SMILES string of the molecule is Cc1cc(C(=O)N2CCCN(CC(=O)N3CCCC3)CC2)c2cnn(C(C)C)c2n1. The molecule has 0 aliphatic carbocycles. The van der Waals surface area contributed by atoms with E-state index >= 15 is 0 Å². The zero-order valence-electron chi connectivity index (χ0n) is 18.3. The summed E-state index contributed by atoms with van der Waals surface area (Å²) in [6, 6.07) is 2.05. The maximum absolute atomic E-state index is 13.4. The number of aromatic nitrogens is 3. The Bertz CT molecular complexity index is 931. The Kier molecular flexibility index (Phi) is 6.04. The van der Waals surface area contributed by atoms with Crippen LogP contribution in [0, 0.1) is 6.92 Å². The van der Waals surface area contributed by atoms with Crippen LogP contribution in [0.15, 0.2) is 12.3 Å². The van der Waals surface area contributed by atoms with Crippen LogP contribution in [-0.2, 0) is 4.79 Å². The van der Waals surface area contributed by atoms with Crippen LogP contribution < -0.4 is 0 Å². The molecule has 0 unspecified atom stereocenters. The number of pyridine rings is 1. The van der Waals surface area contributed by atoms with E-state index in [-0.39, 0.29) is 17.9 Å². The highest BCUT2D eigenvalue weighted by Crippen LogP contribution is 2.23. The van der Waals surface area contributed by atoms with E-state index in [0.29, 0.717) is 25.2 Å². The molecule has 8 nitrogen and oxygen atoms in total. The second kappa shape index (κ2) is 8.71. The largest absolute Gasteiger partial charge is 0.342 e. The molecule has 2 amide bonds. The van der Waals surface area contributed by atoms with Crippen molar-refractivity contribution in [2.75, 3.05) is 45.8 Å². The molecule has 2 aromatic heterocycles. The molecule has 0 N–H and O–H groups in total. The van der Waals surface area contributed by atoms with Gasteiger partial charge in [-0.15, -0.1) is 0 Å². The number of rotatable bonds is 4. The topological polar surface area (TPSA) is 74.6 Å². The average Bonchev–Trinajstić information content (AvgIpc) is 3.34. The van der Waals surface area contributed by atoms with Crippen LogP contribution in [0.1, 0.15) is 55.2 Å². The van der Waals surface area contributed by atoms with Gasteiger partial charge in [0.05, 0.1) is 23.7 Å². The molecule has 0 spiro atoms. The summed E-state index contributed by atoms with van der Waals surface area (Å²) in [5, 5.41) is 5.27. The molecule has 2 aliphatic heterocycles. The second-order valence-corrected chi connectivity index (χ2v) is 8.74. The normalized spacial score (nSPS) is 18.4. The summed E-state index contributed by atoms with van der Waals surface area (Å²) in [4.78, 5) is 36.6. The van der Waals surface area contributed by atoms with Gasteiger partial charge in [-0.05, 0) is 46.1 Å². The minimum absolute atomic E-state index is 0.0292. The van der Waals surface area contributed by atoms with Gasteiger partial charge >= 0.3 is 0 Å². The highest BCUT2D eigenvalue weighted by Gasteiger charge is 2.26. The summed E-state index contributed by atoms with van der Waals surface area (Å²) >= 11 is 0. The standard InChI is InChI=1S/C22H32N6O2/c1-16(2)28-21-19(14-23-28)18(13-17(3)24-21)22(30)27-10-6-7-25(11-12-27)15-20(29)26-8-4-5-9-26/h13-14,16H,4-12,15H2,1-3H3. The average molecular weight is 413 g/mol. The third kappa shape index (κ3) is 4.19. The third-order valence-electron chi connectivity index (χ3n) is 6.11. The van der Waals surface area contributed by atoms with Gasteiger partial charge in [0.2, 0.25) is 5.91 Å². The predicted octanol–water partition coefficient (Wildman–Crippen LogP) is 2.09. The lowest BCUT2D eigenvalue weighted by atomic mass is 10.1. The van der Waals surface area contributed by atoms with Crippen LogP contribution in [0.25, 0.3) is 11.0 Å². The van der Waals surface area contributed by atoms with Crippen molar-refractivity contribution in [1.82, 2.24) is 29.5 Å². The molecule has 0 aromatic carbocycles. The van der Waals surface area contributed by atoms with Gasteiger partial charge in [-0.25, -0.2) is 9.67 Å². The Morgan fingerprint density at radius 3 is 2.47 bits per heavy atom. The Balaban J connectivity index is 1.47. The molecular weight excluding hydrogens is 380 g/mol. The summed E-state index contributed by atoms with van der Waals surface area (Å²) in [6.45, 7) is 11.2. The van der Waals surface area contributed by atoms with Gasteiger partial charge in [-0.2, -0.15) is 5.10 Å². The van der Waals surface area contributed by atoms with Gasteiger partial charge in [0.1, 0.15) is 0 Å². The molecule has 162 valence electrons. The lowest BCUT2D eigenvalue weighted by Gasteiger charge is -2.24. The molecular formula is C22H32N6O2. The van der Waals surface area contributed by atoms with E-state index in [0.717, 1.165) is 62.2 Å². The number of likely N-dealkylation sites (tertiary alicyclic amines) is 1. The lowest BCUT2D eigenvalue weighted by Crippen LogP contribution is -2.41. The molecule has 30 heavy (non-hydrogen) atoms. The quantitative estimate of drug-likeness (QED) is 0.769. The van der Waals surface area contributed by atoms with Gasteiger partial charge in [0.25, 0.3) is 5.91 Å². The van der Waals surface area contributed by atoms with Gasteiger partial charge < -0.3 is 9.80 Å². The van der Waals surface area contributed by atoms with Crippen LogP contribution in [0.4, 0.5) is 0 Å². The molecule has 2 aromatic rings. The lowest BCUT2D eigenvalue weighted by molar-refractivity contribution is -0.131. The van der Waals surface area contributed by atoms with Crippen LogP contribution in [0.2, 0.25) is 0 Å². The summed E-state index contributed by atoms with van der Waals surface area (Å²) in [5.74, 6) is 0.251. The number of hydrogen-bond acceptors (Lipinski definition) is 5. The first-order valence-corrected chi connectivity index (χ1v) is 11.1. The fraction of sp³-hybridized carbons (Fsp3) is 0.636. The van der Waals surface area contributed by atoms with Gasteiger partial charge in [-0.3, -0.25) is 14.5 Å². The van der Waals surface area contributed by atoms with Crippen LogP contribution in [0.3, 0.4) is 0 Å². The Hall–Kier alpha value is -2.48. The molecule has 0 radical (unpaired) electrons. The van der Waals surface area contributed by atoms with Crippen LogP contribution >= 0.6 is 0 Å². The van der Waals surface area contributed by atoms with E-state index in [9.17, 15) is 9.59 Å². The van der Waals surface area contributed by atoms with E-state index < -0.39 is 0 Å². The maximum Gasteiger partial charge on any atom is 0.254 e. The molecule has 4 heterocycles. The predicted molar refractivity (Wildman–Crippen MR) is 115 cm³/mol. The second-order valence-electron chi connectivity index (χ2n) is 8.74. The summed E-state index contributed by atoms with van der Waals surface area (Å²) in [6.07, 6.45) is 4.85. The zero-order chi connectivity index (χ0) is 21.3. The fourth-order valence-electron chi connectivity index (χ4n) is 4.46. The van der Waals surface area contributed by atoms with Gasteiger partial charge in [0, 0.05) is 51.0 Å². The molecule has 0 atom stereocenters. The Labute approximate surface area is 177 Å². The summed E-state index contributed by atoms with van der Waals surface area (Å²) < 4.78 is 1.87. The minimum atomic E-state index is 0.0292. The number of amides is 2. The first-order valence-electron chi connectivity index (χ1n) is 11.1. The maximum atomic E-state index is 13.4. The third-order valence-corrected chi connectivity index (χ3v) is 6.11. The van der Waals surface area contributed by atoms with Crippen molar-refractivity contribution in [3.63, 3.8) is 0 Å². The van der Waals surface area contributed by atoms with Crippen molar-refractivity contribution in [3.8, 4) is 0 Å². The van der Waals surface area contributed by atoms with Crippen molar-refractivity contribution in [2.24, 2.45) is 0 Å². The number of carbonyl (C=O) groups is 2. The van der Waals surface area contributed by atoms with E-state index in [4.69, 9.17) is 0 Å². The van der Waals surface area contributed by atoms with Gasteiger partial charge in [0.15, 0.2) is 5.65 Å². The number of hydrogen-bond donors (Lipinski definition) is 0. The number of fused-ring (bicyclic) bond motifs is 1. The summed E-state index contributed by atoms with van der Waals surface area (Å²) in [7, 11) is 0. The van der Waals surface area contributed by atoms with Crippen LogP contribution in [0.5, 0.6) is 0 Å². The molecule has 2 saturated heterocycles. The monoisotopic (exact) mass is 412 g/mol.